The van der Waals surface area contributed by atoms with Gasteiger partial charge in [-0.15, -0.1) is 0 Å². The standard InChI is InChI=1S/C21H19ClN4O2/c22-20-18(12-23-24-21(20)28)25-10-11-26(19(27)14-25)13-15-6-8-17(9-7-15)16-4-2-1-3-5-16/h1-9,12H,10-11,13-14H2,(H,24,28). The molecule has 0 atom stereocenters. The fourth-order valence-electron chi connectivity index (χ4n) is 3.33. The van der Waals surface area contributed by atoms with Gasteiger partial charge in [0.2, 0.25) is 5.91 Å². The number of aromatic amines is 1. The molecular formula is C21H19ClN4O2. The molecule has 7 heteroatoms. The van der Waals surface area contributed by atoms with Gasteiger partial charge in [0.1, 0.15) is 5.02 Å². The van der Waals surface area contributed by atoms with Crippen molar-refractivity contribution in [1.82, 2.24) is 15.1 Å². The highest BCUT2D eigenvalue weighted by Crippen LogP contribution is 2.23. The second-order valence-corrected chi connectivity index (χ2v) is 7.08. The van der Waals surface area contributed by atoms with Gasteiger partial charge in [0.15, 0.2) is 0 Å². The van der Waals surface area contributed by atoms with E-state index < -0.39 is 5.56 Å². The molecule has 0 unspecified atom stereocenters. The van der Waals surface area contributed by atoms with Gasteiger partial charge in [-0.05, 0) is 16.7 Å². The summed E-state index contributed by atoms with van der Waals surface area (Å²) >= 11 is 6.06. The SMILES string of the molecule is O=C1CN(c2cn[nH]c(=O)c2Cl)CCN1Cc1ccc(-c2ccccc2)cc1. The number of halogens is 1. The van der Waals surface area contributed by atoms with Gasteiger partial charge in [0.05, 0.1) is 18.4 Å². The number of amides is 1. The van der Waals surface area contributed by atoms with Crippen LogP contribution in [0.5, 0.6) is 0 Å². The average Bonchev–Trinajstić information content (AvgIpc) is 2.73. The summed E-state index contributed by atoms with van der Waals surface area (Å²) in [6.45, 7) is 1.89. The van der Waals surface area contributed by atoms with E-state index in [1.54, 1.807) is 4.90 Å². The molecule has 142 valence electrons. The van der Waals surface area contributed by atoms with E-state index in [0.717, 1.165) is 11.1 Å². The Bertz CT molecular complexity index is 1030. The fourth-order valence-corrected chi connectivity index (χ4v) is 3.54. The molecule has 1 aromatic heterocycles. The zero-order valence-electron chi connectivity index (χ0n) is 15.1. The maximum absolute atomic E-state index is 12.6. The van der Waals surface area contributed by atoms with Crippen molar-refractivity contribution in [1.29, 1.82) is 0 Å². The first kappa shape index (κ1) is 18.3. The van der Waals surface area contributed by atoms with Crippen LogP contribution >= 0.6 is 11.6 Å². The van der Waals surface area contributed by atoms with E-state index in [2.05, 4.69) is 46.6 Å². The summed E-state index contributed by atoms with van der Waals surface area (Å²) < 4.78 is 0. The van der Waals surface area contributed by atoms with E-state index in [1.165, 1.54) is 11.8 Å². The molecule has 0 bridgehead atoms. The fraction of sp³-hybridized carbons (Fsp3) is 0.190. The maximum atomic E-state index is 12.6. The van der Waals surface area contributed by atoms with E-state index in [0.29, 0.717) is 25.3 Å². The van der Waals surface area contributed by atoms with Crippen LogP contribution in [0.15, 0.2) is 65.6 Å². The van der Waals surface area contributed by atoms with E-state index in [9.17, 15) is 9.59 Å². The smallest absolute Gasteiger partial charge is 0.285 e. The highest BCUT2D eigenvalue weighted by molar-refractivity contribution is 6.33. The Labute approximate surface area is 167 Å². The van der Waals surface area contributed by atoms with Crippen LogP contribution in [0.25, 0.3) is 11.1 Å². The lowest BCUT2D eigenvalue weighted by molar-refractivity contribution is -0.131. The maximum Gasteiger partial charge on any atom is 0.285 e. The number of anilines is 1. The largest absolute Gasteiger partial charge is 0.358 e. The minimum Gasteiger partial charge on any atom is -0.358 e. The normalized spacial score (nSPS) is 14.4. The molecular weight excluding hydrogens is 376 g/mol. The van der Waals surface area contributed by atoms with Crippen molar-refractivity contribution in [3.8, 4) is 11.1 Å². The Morgan fingerprint density at radius 3 is 2.39 bits per heavy atom. The first-order chi connectivity index (χ1) is 13.6. The van der Waals surface area contributed by atoms with Crippen LogP contribution in [-0.2, 0) is 11.3 Å². The summed E-state index contributed by atoms with van der Waals surface area (Å²) in [6.07, 6.45) is 1.48. The van der Waals surface area contributed by atoms with Gasteiger partial charge in [-0.3, -0.25) is 9.59 Å². The molecule has 28 heavy (non-hydrogen) atoms. The molecule has 2 heterocycles. The van der Waals surface area contributed by atoms with Crippen molar-refractivity contribution in [2.45, 2.75) is 6.54 Å². The number of rotatable bonds is 4. The number of piperazine rings is 1. The number of carbonyl (C=O) groups excluding carboxylic acids is 1. The van der Waals surface area contributed by atoms with Crippen LogP contribution < -0.4 is 10.5 Å². The highest BCUT2D eigenvalue weighted by Gasteiger charge is 2.26. The van der Waals surface area contributed by atoms with Crippen molar-refractivity contribution in [2.24, 2.45) is 0 Å². The molecule has 0 radical (unpaired) electrons. The molecule has 1 amide bonds. The van der Waals surface area contributed by atoms with Crippen LogP contribution in [0.4, 0.5) is 5.69 Å². The first-order valence-corrected chi connectivity index (χ1v) is 9.40. The summed E-state index contributed by atoms with van der Waals surface area (Å²) in [4.78, 5) is 27.8. The van der Waals surface area contributed by atoms with Crippen LogP contribution in [0, 0.1) is 0 Å². The number of aromatic nitrogens is 2. The van der Waals surface area contributed by atoms with E-state index >= 15 is 0 Å². The molecule has 1 aliphatic rings. The average molecular weight is 395 g/mol. The van der Waals surface area contributed by atoms with Crippen molar-refractivity contribution in [3.05, 3.63) is 81.7 Å². The summed E-state index contributed by atoms with van der Waals surface area (Å²) in [5, 5.41) is 6.13. The topological polar surface area (TPSA) is 69.3 Å². The number of H-pyrrole nitrogens is 1. The van der Waals surface area contributed by atoms with Crippen LogP contribution in [0.1, 0.15) is 5.56 Å². The second kappa shape index (κ2) is 7.86. The third-order valence-corrected chi connectivity index (χ3v) is 5.24. The van der Waals surface area contributed by atoms with Crippen molar-refractivity contribution >= 4 is 23.2 Å². The van der Waals surface area contributed by atoms with E-state index in [-0.39, 0.29) is 17.5 Å². The molecule has 1 N–H and O–H groups in total. The van der Waals surface area contributed by atoms with Gasteiger partial charge in [0.25, 0.3) is 5.56 Å². The number of nitrogens with one attached hydrogen (secondary N) is 1. The van der Waals surface area contributed by atoms with E-state index in [1.807, 2.05) is 23.1 Å². The van der Waals surface area contributed by atoms with E-state index in [4.69, 9.17) is 11.6 Å². The predicted octanol–water partition coefficient (Wildman–Crippen LogP) is 2.94. The Kier molecular flexibility index (Phi) is 5.12. The quantitative estimate of drug-likeness (QED) is 0.738. The summed E-state index contributed by atoms with van der Waals surface area (Å²) in [6, 6.07) is 18.4. The molecule has 3 aromatic rings. The predicted molar refractivity (Wildman–Crippen MR) is 109 cm³/mol. The summed E-state index contributed by atoms with van der Waals surface area (Å²) in [5.74, 6) is -0.00488. The number of carbonyl (C=O) groups is 1. The second-order valence-electron chi connectivity index (χ2n) is 6.70. The van der Waals surface area contributed by atoms with Gasteiger partial charge in [-0.1, -0.05) is 66.2 Å². The zero-order valence-corrected chi connectivity index (χ0v) is 15.9. The monoisotopic (exact) mass is 394 g/mol. The Hall–Kier alpha value is -3.12. The van der Waals surface area contributed by atoms with Gasteiger partial charge in [0, 0.05) is 19.6 Å². The molecule has 4 rings (SSSR count). The Morgan fingerprint density at radius 1 is 0.964 bits per heavy atom. The third-order valence-electron chi connectivity index (χ3n) is 4.87. The lowest BCUT2D eigenvalue weighted by atomic mass is 10.0. The summed E-state index contributed by atoms with van der Waals surface area (Å²) in [7, 11) is 0. The lowest BCUT2D eigenvalue weighted by Crippen LogP contribution is -2.50. The molecule has 1 aliphatic heterocycles. The minimum absolute atomic E-state index is 0.00488. The van der Waals surface area contributed by atoms with Gasteiger partial charge >= 0.3 is 0 Å². The van der Waals surface area contributed by atoms with Gasteiger partial charge in [-0.2, -0.15) is 5.10 Å². The summed E-state index contributed by atoms with van der Waals surface area (Å²) in [5.41, 5.74) is 3.44. The number of nitrogens with zero attached hydrogens (tertiary/aromatic N) is 3. The minimum atomic E-state index is -0.451. The Morgan fingerprint density at radius 2 is 1.68 bits per heavy atom. The molecule has 2 aromatic carbocycles. The van der Waals surface area contributed by atoms with Gasteiger partial charge < -0.3 is 9.80 Å². The molecule has 1 saturated heterocycles. The number of hydrogen-bond acceptors (Lipinski definition) is 4. The Balaban J connectivity index is 1.42. The molecule has 0 spiro atoms. The van der Waals surface area contributed by atoms with Crippen molar-refractivity contribution < 1.29 is 4.79 Å². The van der Waals surface area contributed by atoms with Gasteiger partial charge in [-0.25, -0.2) is 5.10 Å². The molecule has 0 saturated carbocycles. The van der Waals surface area contributed by atoms with Crippen LogP contribution in [0.3, 0.4) is 0 Å². The van der Waals surface area contributed by atoms with Crippen LogP contribution in [0.2, 0.25) is 5.02 Å². The zero-order chi connectivity index (χ0) is 19.5. The van der Waals surface area contributed by atoms with Crippen LogP contribution in [-0.4, -0.2) is 40.6 Å². The highest BCUT2D eigenvalue weighted by atomic mass is 35.5. The number of benzene rings is 2. The lowest BCUT2D eigenvalue weighted by Gasteiger charge is -2.35. The first-order valence-electron chi connectivity index (χ1n) is 9.02. The van der Waals surface area contributed by atoms with Crippen molar-refractivity contribution in [3.63, 3.8) is 0 Å². The molecule has 0 aliphatic carbocycles. The molecule has 6 nitrogen and oxygen atoms in total. The number of hydrogen-bond donors (Lipinski definition) is 1. The third kappa shape index (κ3) is 3.77. The van der Waals surface area contributed by atoms with Crippen molar-refractivity contribution in [2.75, 3.05) is 24.5 Å². The molecule has 1 fully saturated rings.